The molecular formula is C28H49N3O7Si. The number of hydrogen-bond donors (Lipinski definition) is 3. The van der Waals surface area contributed by atoms with E-state index in [4.69, 9.17) is 34.8 Å². The monoisotopic (exact) mass is 567 g/mol. The molecule has 0 aliphatic heterocycles. The fourth-order valence-electron chi connectivity index (χ4n) is 2.95. The van der Waals surface area contributed by atoms with Crippen molar-refractivity contribution in [2.75, 3.05) is 57.2 Å². The molecule has 222 valence electrons. The molecule has 5 N–H and O–H groups in total. The molecule has 0 fully saturated rings. The summed E-state index contributed by atoms with van der Waals surface area (Å²) < 4.78 is 28.2. The Morgan fingerprint density at radius 1 is 0.949 bits per heavy atom. The van der Waals surface area contributed by atoms with E-state index in [0.29, 0.717) is 50.1 Å². The Bertz CT molecular complexity index is 954. The van der Waals surface area contributed by atoms with Gasteiger partial charge in [-0.2, -0.15) is 0 Å². The molecule has 39 heavy (non-hydrogen) atoms. The van der Waals surface area contributed by atoms with Gasteiger partial charge in [0.15, 0.2) is 8.32 Å². The van der Waals surface area contributed by atoms with Crippen LogP contribution in [0.15, 0.2) is 24.3 Å². The van der Waals surface area contributed by atoms with Gasteiger partial charge in [-0.25, -0.2) is 0 Å². The number of nitrogen functional groups attached to an aromatic ring is 1. The minimum Gasteiger partial charge on any atom is -0.489 e. The van der Waals surface area contributed by atoms with Crippen molar-refractivity contribution in [2.24, 2.45) is 5.73 Å². The molecule has 0 spiro atoms. The van der Waals surface area contributed by atoms with Gasteiger partial charge in [-0.15, -0.1) is 0 Å². The fourth-order valence-corrected chi connectivity index (χ4v) is 3.89. The van der Waals surface area contributed by atoms with Crippen molar-refractivity contribution < 1.29 is 33.0 Å². The molecule has 1 amide bonds. The average Bonchev–Trinajstić information content (AvgIpc) is 2.79. The zero-order valence-corrected chi connectivity index (χ0v) is 26.0. The van der Waals surface area contributed by atoms with Crippen molar-refractivity contribution >= 4 is 31.6 Å². The van der Waals surface area contributed by atoms with Gasteiger partial charge in [0, 0.05) is 12.1 Å². The third-order valence-electron chi connectivity index (χ3n) is 6.05. The normalized spacial score (nSPS) is 12.5. The van der Waals surface area contributed by atoms with Gasteiger partial charge in [0.05, 0.1) is 45.1 Å². The topological polar surface area (TPSA) is 144 Å². The zero-order valence-electron chi connectivity index (χ0n) is 25.0. The quantitative estimate of drug-likeness (QED) is 0.0814. The van der Waals surface area contributed by atoms with E-state index in [9.17, 15) is 9.59 Å². The highest BCUT2D eigenvalue weighted by molar-refractivity contribution is 6.74. The van der Waals surface area contributed by atoms with E-state index in [1.54, 1.807) is 6.07 Å². The Morgan fingerprint density at radius 2 is 1.56 bits per heavy atom. The van der Waals surface area contributed by atoms with Crippen LogP contribution in [0.5, 0.6) is 5.75 Å². The van der Waals surface area contributed by atoms with Crippen molar-refractivity contribution in [1.29, 1.82) is 0 Å². The largest absolute Gasteiger partial charge is 0.489 e. The number of amides is 1. The van der Waals surface area contributed by atoms with E-state index in [-0.39, 0.29) is 36.2 Å². The standard InChI is InChI=1S/C28H49N3O7Si/c1-27(2,3)38-24(32)11-14-34-15-16-35-17-18-36-23-20-21(26(30)33)19-22(29)25(23)31-12-9-10-13-37-39(7,8)28(4,5)6/h9-10,19-20,31H,11-18,29H2,1-8H3,(H2,30,33)/b10-9+. The van der Waals surface area contributed by atoms with E-state index >= 15 is 0 Å². The summed E-state index contributed by atoms with van der Waals surface area (Å²) in [5, 5.41) is 3.40. The number of carbonyl (C=O) groups excluding carboxylic acids is 2. The van der Waals surface area contributed by atoms with Crippen molar-refractivity contribution in [3.05, 3.63) is 29.8 Å². The molecule has 0 atom stereocenters. The molecule has 0 saturated heterocycles. The van der Waals surface area contributed by atoms with Crippen molar-refractivity contribution in [3.63, 3.8) is 0 Å². The summed E-state index contributed by atoms with van der Waals surface area (Å²) in [7, 11) is -1.80. The average molecular weight is 568 g/mol. The van der Waals surface area contributed by atoms with E-state index in [2.05, 4.69) is 39.2 Å². The van der Waals surface area contributed by atoms with Gasteiger partial charge in [-0.1, -0.05) is 32.9 Å². The summed E-state index contributed by atoms with van der Waals surface area (Å²) in [6.07, 6.45) is 4.13. The zero-order chi connectivity index (χ0) is 29.7. The summed E-state index contributed by atoms with van der Waals surface area (Å²) in [6.45, 7) is 19.0. The molecule has 0 aliphatic carbocycles. The molecule has 0 aliphatic rings. The predicted molar refractivity (Wildman–Crippen MR) is 158 cm³/mol. The van der Waals surface area contributed by atoms with Crippen LogP contribution in [-0.2, 0) is 23.4 Å². The van der Waals surface area contributed by atoms with Gasteiger partial charge in [-0.3, -0.25) is 9.59 Å². The van der Waals surface area contributed by atoms with E-state index in [1.165, 1.54) is 6.07 Å². The highest BCUT2D eigenvalue weighted by Gasteiger charge is 2.36. The van der Waals surface area contributed by atoms with Gasteiger partial charge in [0.1, 0.15) is 23.6 Å². The Hall–Kier alpha value is -2.60. The van der Waals surface area contributed by atoms with Crippen LogP contribution in [0.2, 0.25) is 18.1 Å². The smallest absolute Gasteiger partial charge is 0.308 e. The van der Waals surface area contributed by atoms with Crippen molar-refractivity contribution in [1.82, 2.24) is 0 Å². The van der Waals surface area contributed by atoms with Gasteiger partial charge >= 0.3 is 5.97 Å². The van der Waals surface area contributed by atoms with Crippen LogP contribution >= 0.6 is 0 Å². The third kappa shape index (κ3) is 13.8. The number of anilines is 2. The number of nitrogens with one attached hydrogen (secondary N) is 1. The lowest BCUT2D eigenvalue weighted by molar-refractivity contribution is -0.156. The van der Waals surface area contributed by atoms with Crippen LogP contribution in [-0.4, -0.2) is 72.0 Å². The minimum absolute atomic E-state index is 0.153. The van der Waals surface area contributed by atoms with E-state index in [0.717, 1.165) is 0 Å². The summed E-state index contributed by atoms with van der Waals surface area (Å²) in [4.78, 5) is 23.4. The molecule has 1 aromatic rings. The van der Waals surface area contributed by atoms with E-state index < -0.39 is 19.8 Å². The predicted octanol–water partition coefficient (Wildman–Crippen LogP) is 4.50. The Kier molecular flexibility index (Phi) is 14.0. The van der Waals surface area contributed by atoms with Crippen LogP contribution in [0, 0.1) is 0 Å². The Morgan fingerprint density at radius 3 is 2.15 bits per heavy atom. The molecule has 10 nitrogen and oxygen atoms in total. The number of carbonyl (C=O) groups is 2. The number of nitrogens with two attached hydrogens (primary N) is 2. The molecule has 0 bridgehead atoms. The summed E-state index contributed by atoms with van der Waals surface area (Å²) in [6, 6.07) is 3.08. The first kappa shape index (κ1) is 34.4. The lowest BCUT2D eigenvalue weighted by atomic mass is 10.1. The second-order valence-corrected chi connectivity index (χ2v) is 16.4. The fraction of sp³-hybridized carbons (Fsp3) is 0.643. The molecule has 0 unspecified atom stereocenters. The molecule has 1 aromatic carbocycles. The molecule has 0 radical (unpaired) electrons. The highest BCUT2D eigenvalue weighted by Crippen LogP contribution is 2.36. The Labute approximate surface area is 234 Å². The molecule has 11 heteroatoms. The van der Waals surface area contributed by atoms with Gasteiger partial charge in [-0.05, 0) is 51.0 Å². The number of hydrogen-bond acceptors (Lipinski definition) is 9. The Balaban J connectivity index is 2.50. The maximum atomic E-state index is 11.7. The maximum absolute atomic E-state index is 11.7. The van der Waals surface area contributed by atoms with Crippen LogP contribution < -0.4 is 21.5 Å². The second kappa shape index (κ2) is 15.9. The molecule has 0 aromatic heterocycles. The first-order valence-electron chi connectivity index (χ1n) is 13.3. The summed E-state index contributed by atoms with van der Waals surface area (Å²) in [5.41, 5.74) is 12.3. The lowest BCUT2D eigenvalue weighted by Crippen LogP contribution is -2.40. The number of esters is 1. The summed E-state index contributed by atoms with van der Waals surface area (Å²) >= 11 is 0. The minimum atomic E-state index is -1.80. The van der Waals surface area contributed by atoms with Gasteiger partial charge in [0.2, 0.25) is 5.91 Å². The molecular weight excluding hydrogens is 518 g/mol. The number of benzene rings is 1. The van der Waals surface area contributed by atoms with Gasteiger partial charge in [0.25, 0.3) is 0 Å². The van der Waals surface area contributed by atoms with Crippen molar-refractivity contribution in [3.8, 4) is 5.75 Å². The van der Waals surface area contributed by atoms with Crippen LogP contribution in [0.1, 0.15) is 58.3 Å². The highest BCUT2D eigenvalue weighted by atomic mass is 28.4. The molecule has 0 heterocycles. The molecule has 0 saturated carbocycles. The van der Waals surface area contributed by atoms with Crippen LogP contribution in [0.4, 0.5) is 11.4 Å². The van der Waals surface area contributed by atoms with Crippen molar-refractivity contribution in [2.45, 2.75) is 71.7 Å². The second-order valence-electron chi connectivity index (χ2n) is 11.6. The van der Waals surface area contributed by atoms with Crippen LogP contribution in [0.25, 0.3) is 0 Å². The van der Waals surface area contributed by atoms with Gasteiger partial charge < -0.3 is 40.2 Å². The number of ether oxygens (including phenoxy) is 4. The SMILES string of the molecule is CC(C)(C)OC(=O)CCOCCOCCOc1cc(C(N)=O)cc(N)c1NC/C=C/CO[Si](C)(C)C(C)(C)C. The van der Waals surface area contributed by atoms with Crippen LogP contribution in [0.3, 0.4) is 0 Å². The molecule has 1 rings (SSSR count). The first-order chi connectivity index (χ1) is 18.0. The maximum Gasteiger partial charge on any atom is 0.308 e. The summed E-state index contributed by atoms with van der Waals surface area (Å²) in [5.74, 6) is -0.485. The number of primary amides is 1. The van der Waals surface area contributed by atoms with E-state index in [1.807, 2.05) is 32.9 Å². The lowest BCUT2D eigenvalue weighted by Gasteiger charge is -2.35. The number of rotatable bonds is 17. The first-order valence-corrected chi connectivity index (χ1v) is 16.2. The third-order valence-corrected chi connectivity index (χ3v) is 10.6.